The lowest BCUT2D eigenvalue weighted by atomic mass is 9.80. The molecule has 3 aromatic carbocycles. The van der Waals surface area contributed by atoms with E-state index in [-0.39, 0.29) is 11.6 Å². The van der Waals surface area contributed by atoms with E-state index in [1.807, 2.05) is 91.0 Å². The highest BCUT2D eigenvalue weighted by molar-refractivity contribution is 7.07. The van der Waals surface area contributed by atoms with Crippen LogP contribution in [0.15, 0.2) is 94.7 Å². The van der Waals surface area contributed by atoms with Gasteiger partial charge >= 0.3 is 6.03 Å². The van der Waals surface area contributed by atoms with Crippen LogP contribution < -0.4 is 25.1 Å². The second kappa shape index (κ2) is 8.35. The molecule has 3 heterocycles. The number of urea groups is 1. The lowest BCUT2D eigenvalue weighted by Crippen LogP contribution is -2.67. The van der Waals surface area contributed by atoms with E-state index in [9.17, 15) is 9.59 Å². The van der Waals surface area contributed by atoms with Gasteiger partial charge < -0.3 is 4.74 Å². The van der Waals surface area contributed by atoms with E-state index < -0.39 is 11.3 Å². The quantitative estimate of drug-likeness (QED) is 0.457. The summed E-state index contributed by atoms with van der Waals surface area (Å²) in [6.45, 7) is 0. The third-order valence-corrected chi connectivity index (χ3v) is 8.15. The third-order valence-electron chi connectivity index (χ3n) is 7.19. The lowest BCUT2D eigenvalue weighted by molar-refractivity contribution is 0.0648. The second-order valence-corrected chi connectivity index (χ2v) is 10.1. The zero-order chi connectivity index (χ0) is 25.8. The van der Waals surface area contributed by atoms with Gasteiger partial charge in [0.2, 0.25) is 16.1 Å². The maximum absolute atomic E-state index is 13.7. The van der Waals surface area contributed by atoms with Gasteiger partial charge in [0.1, 0.15) is 5.75 Å². The number of nitrogens with one attached hydrogen (secondary N) is 1. The Bertz CT molecular complexity index is 1670. The van der Waals surface area contributed by atoms with Crippen LogP contribution in [0, 0.1) is 0 Å². The predicted molar refractivity (Wildman–Crippen MR) is 142 cm³/mol. The van der Waals surface area contributed by atoms with E-state index in [1.54, 1.807) is 31.0 Å². The molecule has 0 unspecified atom stereocenters. The number of hydrogen-bond acceptors (Lipinski definition) is 6. The number of thiazole rings is 1. The molecular formula is C28H25N5O3S. The molecule has 0 saturated carbocycles. The van der Waals surface area contributed by atoms with Crippen molar-refractivity contribution >= 4 is 23.4 Å². The monoisotopic (exact) mass is 511 g/mol. The number of aromatic nitrogens is 1. The first-order valence-electron chi connectivity index (χ1n) is 11.8. The Kier molecular flexibility index (Phi) is 5.20. The van der Waals surface area contributed by atoms with Gasteiger partial charge in [-0.3, -0.25) is 20.0 Å². The van der Waals surface area contributed by atoms with Gasteiger partial charge in [-0.15, -0.1) is 0 Å². The van der Waals surface area contributed by atoms with Crippen LogP contribution in [0.3, 0.4) is 0 Å². The maximum Gasteiger partial charge on any atom is 0.324 e. The number of ether oxygens (including phenoxy) is 1. The summed E-state index contributed by atoms with van der Waals surface area (Å²) in [4.78, 5) is 36.3. The maximum atomic E-state index is 13.7. The van der Waals surface area contributed by atoms with Crippen molar-refractivity contribution in [1.82, 2.24) is 14.5 Å². The first-order valence-corrected chi connectivity index (χ1v) is 12.6. The zero-order valence-corrected chi connectivity index (χ0v) is 21.4. The number of likely N-dealkylation sites (N-methyl/N-ethyl adjacent to an activating group) is 2. The number of benzene rings is 3. The number of carbonyl (C=O) groups is 1. The molecule has 2 aliphatic heterocycles. The third kappa shape index (κ3) is 3.10. The normalized spacial score (nSPS) is 22.8. The minimum atomic E-state index is -1.18. The predicted octanol–water partition coefficient (Wildman–Crippen LogP) is 2.63. The Morgan fingerprint density at radius 3 is 2.11 bits per heavy atom. The molecule has 6 rings (SSSR count). The van der Waals surface area contributed by atoms with Crippen molar-refractivity contribution in [1.29, 1.82) is 0 Å². The molecule has 1 fully saturated rings. The van der Waals surface area contributed by atoms with E-state index >= 15 is 0 Å². The highest BCUT2D eigenvalue weighted by Crippen LogP contribution is 2.53. The molecular weight excluding hydrogens is 486 g/mol. The van der Waals surface area contributed by atoms with Crippen LogP contribution in [-0.2, 0) is 11.3 Å². The van der Waals surface area contributed by atoms with Gasteiger partial charge in [0.25, 0.3) is 5.56 Å². The summed E-state index contributed by atoms with van der Waals surface area (Å²) in [5.41, 5.74) is 3.41. The highest BCUT2D eigenvalue weighted by Gasteiger charge is 2.69. The van der Waals surface area contributed by atoms with Crippen molar-refractivity contribution in [2.75, 3.05) is 26.6 Å². The van der Waals surface area contributed by atoms with Crippen LogP contribution in [0.5, 0.6) is 5.75 Å². The Morgan fingerprint density at radius 1 is 0.865 bits per heavy atom. The van der Waals surface area contributed by atoms with Gasteiger partial charge in [-0.1, -0.05) is 84.1 Å². The molecule has 186 valence electrons. The van der Waals surface area contributed by atoms with Crippen LogP contribution in [0.2, 0.25) is 0 Å². The van der Waals surface area contributed by atoms with Crippen molar-refractivity contribution in [3.05, 3.63) is 121 Å². The van der Waals surface area contributed by atoms with Crippen LogP contribution in [0.1, 0.15) is 16.7 Å². The Morgan fingerprint density at radius 2 is 1.49 bits per heavy atom. The standard InChI is InChI=1S/C28H25N5O3S/c1-31-26(35)32(2)28(21-12-8-5-9-13-21)27(31,20-10-6-4-7-11-20)29-25-33(30-28)24(34)23(37-25)18-19-14-16-22(36-3)17-15-19/h4-18,30H,1-3H3/b23-18-/t27-,28+/m0/s1. The number of rotatable bonds is 4. The summed E-state index contributed by atoms with van der Waals surface area (Å²) >= 11 is 1.29. The molecule has 4 aromatic rings. The summed E-state index contributed by atoms with van der Waals surface area (Å²) in [5.74, 6) is 0.745. The van der Waals surface area contributed by atoms with Crippen molar-refractivity contribution in [2.45, 2.75) is 11.3 Å². The summed E-state index contributed by atoms with van der Waals surface area (Å²) in [7, 11) is 5.12. The summed E-state index contributed by atoms with van der Waals surface area (Å²) in [6.07, 6.45) is 1.84. The van der Waals surface area contributed by atoms with Crippen LogP contribution >= 0.6 is 11.3 Å². The number of fused-ring (bicyclic) bond motifs is 2. The number of methoxy groups -OCH3 is 1. The van der Waals surface area contributed by atoms with Crippen LogP contribution in [0.25, 0.3) is 6.08 Å². The largest absolute Gasteiger partial charge is 0.497 e. The SMILES string of the molecule is COc1ccc(/C=c2\sc3n(c2=O)N[C@]2(c4ccccc4)N(C)C(=O)N(C)[C@]2(c2ccccc2)N=3)cc1. The molecule has 0 aliphatic carbocycles. The molecule has 1 saturated heterocycles. The van der Waals surface area contributed by atoms with Gasteiger partial charge in [-0.2, -0.15) is 4.68 Å². The van der Waals surface area contributed by atoms with E-state index in [1.165, 1.54) is 16.0 Å². The molecule has 0 spiro atoms. The smallest absolute Gasteiger partial charge is 0.324 e. The fraction of sp³-hybridized carbons (Fsp3) is 0.179. The molecule has 9 heteroatoms. The van der Waals surface area contributed by atoms with E-state index in [0.717, 1.165) is 22.4 Å². The molecule has 2 atom stereocenters. The number of nitrogens with zero attached hydrogens (tertiary/aromatic N) is 4. The fourth-order valence-corrected chi connectivity index (χ4v) is 6.34. The molecule has 0 bridgehead atoms. The molecule has 0 radical (unpaired) electrons. The van der Waals surface area contributed by atoms with Crippen LogP contribution in [-0.4, -0.2) is 41.7 Å². The summed E-state index contributed by atoms with van der Waals surface area (Å²) in [6, 6.07) is 26.7. The van der Waals surface area contributed by atoms with Gasteiger partial charge in [-0.05, 0) is 23.8 Å². The molecule has 1 aromatic heterocycles. The van der Waals surface area contributed by atoms with Crippen molar-refractivity contribution < 1.29 is 9.53 Å². The molecule has 2 amide bonds. The van der Waals surface area contributed by atoms with E-state index in [2.05, 4.69) is 5.43 Å². The van der Waals surface area contributed by atoms with Crippen LogP contribution in [0.4, 0.5) is 4.79 Å². The molecule has 1 N–H and O–H groups in total. The topological polar surface area (TPSA) is 79.2 Å². The Labute approximate surface area is 217 Å². The summed E-state index contributed by atoms with van der Waals surface area (Å²) in [5, 5.41) is 0. The first-order chi connectivity index (χ1) is 17.9. The highest BCUT2D eigenvalue weighted by atomic mass is 32.1. The molecule has 8 nitrogen and oxygen atoms in total. The first kappa shape index (κ1) is 23.1. The lowest BCUT2D eigenvalue weighted by Gasteiger charge is -2.49. The number of amides is 2. The molecule has 37 heavy (non-hydrogen) atoms. The minimum absolute atomic E-state index is 0.211. The van der Waals surface area contributed by atoms with Crippen molar-refractivity contribution in [2.24, 2.45) is 4.99 Å². The van der Waals surface area contributed by atoms with Gasteiger partial charge in [-0.25, -0.2) is 9.79 Å². The van der Waals surface area contributed by atoms with Gasteiger partial charge in [0.05, 0.1) is 11.6 Å². The average molecular weight is 512 g/mol. The average Bonchev–Trinajstić information content (AvgIpc) is 3.33. The second-order valence-electron chi connectivity index (χ2n) is 9.05. The molecule has 2 aliphatic rings. The fourth-order valence-electron chi connectivity index (χ4n) is 5.37. The van der Waals surface area contributed by atoms with Gasteiger partial charge in [0.15, 0.2) is 0 Å². The van der Waals surface area contributed by atoms with E-state index in [0.29, 0.717) is 9.33 Å². The van der Waals surface area contributed by atoms with E-state index in [4.69, 9.17) is 9.73 Å². The van der Waals surface area contributed by atoms with Crippen molar-refractivity contribution in [3.63, 3.8) is 0 Å². The van der Waals surface area contributed by atoms with Crippen molar-refractivity contribution in [3.8, 4) is 5.75 Å². The number of hydrogen-bond donors (Lipinski definition) is 1. The summed E-state index contributed by atoms with van der Waals surface area (Å²) < 4.78 is 7.24. The Hall–Kier alpha value is -4.37. The van der Waals surface area contributed by atoms with Gasteiger partial charge in [0, 0.05) is 25.2 Å². The number of carbonyl (C=O) groups excluding carboxylic acids is 1. The minimum Gasteiger partial charge on any atom is -0.497 e. The zero-order valence-electron chi connectivity index (χ0n) is 20.6. The Balaban J connectivity index is 1.67.